The maximum Gasteiger partial charge on any atom is 0.129 e. The number of rotatable bonds is 1. The number of pyridine rings is 1. The third-order valence-corrected chi connectivity index (χ3v) is 3.99. The Labute approximate surface area is 95.0 Å². The molecular weight excluding hydrogens is 208 g/mol. The van der Waals surface area contributed by atoms with Crippen molar-refractivity contribution in [1.82, 2.24) is 10.3 Å². The maximum absolute atomic E-state index is 5.80. The van der Waals surface area contributed by atoms with Crippen LogP contribution in [0.15, 0.2) is 18.3 Å². The highest BCUT2D eigenvalue weighted by Crippen LogP contribution is 2.37. The second-order valence-corrected chi connectivity index (χ2v) is 5.03. The summed E-state index contributed by atoms with van der Waals surface area (Å²) in [6.07, 6.45) is 7.21. The second-order valence-electron chi connectivity index (χ2n) is 4.65. The van der Waals surface area contributed by atoms with E-state index in [1.54, 1.807) is 0 Å². The summed E-state index contributed by atoms with van der Waals surface area (Å²) in [5, 5.41) is 4.28. The van der Waals surface area contributed by atoms with E-state index < -0.39 is 0 Å². The van der Waals surface area contributed by atoms with Gasteiger partial charge in [-0.05, 0) is 37.3 Å². The third kappa shape index (κ3) is 1.77. The van der Waals surface area contributed by atoms with Gasteiger partial charge in [-0.1, -0.05) is 17.7 Å². The zero-order valence-corrected chi connectivity index (χ0v) is 9.37. The molecule has 80 valence electrons. The molecule has 1 aromatic rings. The predicted octanol–water partition coefficient (Wildman–Crippen LogP) is 2.73. The fourth-order valence-corrected chi connectivity index (χ4v) is 3.09. The monoisotopic (exact) mass is 222 g/mol. The van der Waals surface area contributed by atoms with Gasteiger partial charge in [-0.2, -0.15) is 0 Å². The van der Waals surface area contributed by atoms with Gasteiger partial charge in [-0.3, -0.25) is 0 Å². The minimum absolute atomic E-state index is 0.590. The summed E-state index contributed by atoms with van der Waals surface area (Å²) in [5.41, 5.74) is 1.34. The van der Waals surface area contributed by atoms with Gasteiger partial charge in [0.1, 0.15) is 5.15 Å². The standard InChI is InChI=1S/C12H15ClN2/c13-12-6-1-8(7-14-12)10-4-2-9-3-5-11(10)15-9/h1,6-7,9-11,15H,2-5H2/t9?,10-,11?/m0/s1. The number of hydrogen-bond acceptors (Lipinski definition) is 2. The molecule has 0 spiro atoms. The minimum atomic E-state index is 0.590. The molecule has 1 aromatic heterocycles. The van der Waals surface area contributed by atoms with E-state index >= 15 is 0 Å². The van der Waals surface area contributed by atoms with Crippen LogP contribution in [0.1, 0.15) is 37.2 Å². The Hall–Kier alpha value is -0.600. The van der Waals surface area contributed by atoms with Crippen molar-refractivity contribution >= 4 is 11.6 Å². The van der Waals surface area contributed by atoms with Crippen molar-refractivity contribution in [2.24, 2.45) is 0 Å². The lowest BCUT2D eigenvalue weighted by Crippen LogP contribution is -2.39. The molecule has 0 aliphatic carbocycles. The van der Waals surface area contributed by atoms with E-state index in [0.717, 1.165) is 6.04 Å². The number of halogens is 1. The van der Waals surface area contributed by atoms with Gasteiger partial charge in [0.05, 0.1) is 0 Å². The van der Waals surface area contributed by atoms with Gasteiger partial charge in [0.2, 0.25) is 0 Å². The van der Waals surface area contributed by atoms with Gasteiger partial charge in [0.15, 0.2) is 0 Å². The van der Waals surface area contributed by atoms with E-state index in [4.69, 9.17) is 11.6 Å². The molecule has 0 saturated carbocycles. The maximum atomic E-state index is 5.80. The predicted molar refractivity (Wildman–Crippen MR) is 61.2 cm³/mol. The molecule has 2 fully saturated rings. The minimum Gasteiger partial charge on any atom is -0.311 e. The Balaban J connectivity index is 1.84. The van der Waals surface area contributed by atoms with Crippen LogP contribution in [0.3, 0.4) is 0 Å². The Morgan fingerprint density at radius 1 is 1.20 bits per heavy atom. The molecule has 2 saturated heterocycles. The average Bonchev–Trinajstić information content (AvgIpc) is 2.63. The molecule has 3 rings (SSSR count). The average molecular weight is 223 g/mol. The molecule has 2 aliphatic rings. The van der Waals surface area contributed by atoms with Crippen molar-refractivity contribution in [3.05, 3.63) is 29.0 Å². The van der Waals surface area contributed by atoms with Gasteiger partial charge in [-0.25, -0.2) is 4.98 Å². The van der Waals surface area contributed by atoms with Crippen LogP contribution in [0.2, 0.25) is 5.15 Å². The van der Waals surface area contributed by atoms with E-state index in [2.05, 4.69) is 16.4 Å². The smallest absolute Gasteiger partial charge is 0.129 e. The van der Waals surface area contributed by atoms with E-state index in [1.807, 2.05) is 12.3 Å². The zero-order chi connectivity index (χ0) is 10.3. The summed E-state index contributed by atoms with van der Waals surface area (Å²) in [6.45, 7) is 0. The molecule has 3 heteroatoms. The fraction of sp³-hybridized carbons (Fsp3) is 0.583. The van der Waals surface area contributed by atoms with Crippen molar-refractivity contribution < 1.29 is 0 Å². The van der Waals surface area contributed by atoms with Gasteiger partial charge in [0, 0.05) is 24.2 Å². The lowest BCUT2D eigenvalue weighted by molar-refractivity contribution is 0.358. The number of hydrogen-bond donors (Lipinski definition) is 1. The van der Waals surface area contributed by atoms with Gasteiger partial charge in [0.25, 0.3) is 0 Å². The summed E-state index contributed by atoms with van der Waals surface area (Å²) < 4.78 is 0. The number of aromatic nitrogens is 1. The Kier molecular flexibility index (Phi) is 2.41. The van der Waals surface area contributed by atoms with E-state index in [1.165, 1.54) is 31.2 Å². The quantitative estimate of drug-likeness (QED) is 0.740. The Morgan fingerprint density at radius 2 is 2.07 bits per heavy atom. The number of fused-ring (bicyclic) bond motifs is 2. The van der Waals surface area contributed by atoms with Crippen molar-refractivity contribution in [3.8, 4) is 0 Å². The molecule has 1 N–H and O–H groups in total. The van der Waals surface area contributed by atoms with Gasteiger partial charge >= 0.3 is 0 Å². The molecule has 3 heterocycles. The third-order valence-electron chi connectivity index (χ3n) is 3.77. The normalized spacial score (nSPS) is 34.3. The molecule has 15 heavy (non-hydrogen) atoms. The number of piperidine rings is 1. The molecule has 3 atom stereocenters. The van der Waals surface area contributed by atoms with Gasteiger partial charge < -0.3 is 5.32 Å². The summed E-state index contributed by atoms with van der Waals surface area (Å²) in [6, 6.07) is 5.48. The van der Waals surface area contributed by atoms with Gasteiger partial charge in [-0.15, -0.1) is 0 Å². The van der Waals surface area contributed by atoms with Crippen LogP contribution < -0.4 is 5.32 Å². The molecule has 2 nitrogen and oxygen atoms in total. The highest BCUT2D eigenvalue weighted by molar-refractivity contribution is 6.29. The first kappa shape index (κ1) is 9.61. The van der Waals surface area contributed by atoms with Crippen molar-refractivity contribution in [1.29, 1.82) is 0 Å². The number of nitrogens with zero attached hydrogens (tertiary/aromatic N) is 1. The van der Waals surface area contributed by atoms with Crippen LogP contribution >= 0.6 is 11.6 Å². The molecule has 2 unspecified atom stereocenters. The van der Waals surface area contributed by atoms with Crippen molar-refractivity contribution in [2.75, 3.05) is 0 Å². The fourth-order valence-electron chi connectivity index (χ4n) is 2.98. The lowest BCUT2D eigenvalue weighted by atomic mass is 9.86. The van der Waals surface area contributed by atoms with Crippen LogP contribution in [0, 0.1) is 0 Å². The van der Waals surface area contributed by atoms with E-state index in [0.29, 0.717) is 17.1 Å². The Morgan fingerprint density at radius 3 is 2.87 bits per heavy atom. The highest BCUT2D eigenvalue weighted by atomic mass is 35.5. The second kappa shape index (κ2) is 3.76. The molecule has 2 bridgehead atoms. The van der Waals surface area contributed by atoms with Crippen molar-refractivity contribution in [3.63, 3.8) is 0 Å². The zero-order valence-electron chi connectivity index (χ0n) is 8.62. The van der Waals surface area contributed by atoms with E-state index in [-0.39, 0.29) is 0 Å². The summed E-state index contributed by atoms with van der Waals surface area (Å²) in [7, 11) is 0. The molecule has 0 amide bonds. The first-order valence-corrected chi connectivity index (χ1v) is 6.08. The first-order chi connectivity index (χ1) is 7.33. The largest absolute Gasteiger partial charge is 0.311 e. The summed E-state index contributed by atoms with van der Waals surface area (Å²) >= 11 is 5.80. The number of nitrogens with one attached hydrogen (secondary N) is 1. The molecule has 0 aromatic carbocycles. The van der Waals surface area contributed by atoms with E-state index in [9.17, 15) is 0 Å². The summed E-state index contributed by atoms with van der Waals surface area (Å²) in [4.78, 5) is 4.17. The lowest BCUT2D eigenvalue weighted by Gasteiger charge is -2.30. The Bertz CT molecular complexity index is 349. The first-order valence-electron chi connectivity index (χ1n) is 5.70. The topological polar surface area (TPSA) is 24.9 Å². The van der Waals surface area contributed by atoms with Crippen LogP contribution in [0.5, 0.6) is 0 Å². The van der Waals surface area contributed by atoms with Crippen LogP contribution in [0.4, 0.5) is 0 Å². The van der Waals surface area contributed by atoms with Crippen molar-refractivity contribution in [2.45, 2.75) is 43.7 Å². The SMILES string of the molecule is Clc1ccc([C@@H]2CCC3CCC2N3)cn1. The van der Waals surface area contributed by atoms with Crippen LogP contribution in [-0.2, 0) is 0 Å². The molecular formula is C12H15ClN2. The summed E-state index contributed by atoms with van der Waals surface area (Å²) in [5.74, 6) is 0.647. The van der Waals surface area contributed by atoms with Crippen LogP contribution in [-0.4, -0.2) is 17.1 Å². The highest BCUT2D eigenvalue weighted by Gasteiger charge is 2.35. The van der Waals surface area contributed by atoms with Crippen LogP contribution in [0.25, 0.3) is 0 Å². The molecule has 0 radical (unpaired) electrons. The molecule has 2 aliphatic heterocycles.